The predicted octanol–water partition coefficient (Wildman–Crippen LogP) is 5.03. The Balaban J connectivity index is 1.57. The summed E-state index contributed by atoms with van der Waals surface area (Å²) in [6.07, 6.45) is 2.23. The molecule has 0 atom stereocenters. The Hall–Kier alpha value is -4.11. The third-order valence-electron chi connectivity index (χ3n) is 8.07. The third-order valence-corrected chi connectivity index (χ3v) is 8.07. The summed E-state index contributed by atoms with van der Waals surface area (Å²) in [6, 6.07) is 34.1. The number of nitrogens with zero attached hydrogens (tertiary/aromatic N) is 2. The average Bonchev–Trinajstić information content (AvgIpc) is 3.27. The Morgan fingerprint density at radius 1 is 0.606 bits per heavy atom. The number of pyridine rings is 1. The summed E-state index contributed by atoms with van der Waals surface area (Å²) in [4.78, 5) is 2.61. The molecule has 0 bridgehead atoms. The van der Waals surface area contributed by atoms with Crippen molar-refractivity contribution in [3.63, 3.8) is 0 Å². The Morgan fingerprint density at radius 3 is 2.18 bits per heavy atom. The molecule has 3 heteroatoms. The van der Waals surface area contributed by atoms with Gasteiger partial charge in [0.05, 0.1) is 5.56 Å². The second kappa shape index (κ2) is 5.44. The summed E-state index contributed by atoms with van der Waals surface area (Å²) in [5, 5.41) is 8.21. The molecule has 0 radical (unpaired) electrons. The van der Waals surface area contributed by atoms with Crippen LogP contribution in [0.4, 0.5) is 11.4 Å². The monoisotopic (exact) mass is 417 g/mol. The van der Waals surface area contributed by atoms with Gasteiger partial charge in [-0.1, -0.05) is 72.8 Å². The van der Waals surface area contributed by atoms with E-state index in [4.69, 9.17) is 0 Å². The van der Waals surface area contributed by atoms with Crippen LogP contribution in [0.15, 0.2) is 97.2 Å². The smallest absolute Gasteiger partial charge is 0.329 e. The second-order valence-electron chi connectivity index (χ2n) is 9.54. The maximum atomic E-state index is 2.61. The Labute approximate surface area is 191 Å². The first kappa shape index (κ1) is 16.5. The highest BCUT2D eigenvalue weighted by molar-refractivity contribution is 6.93. The maximum absolute atomic E-state index is 2.61. The van der Waals surface area contributed by atoms with E-state index in [9.17, 15) is 0 Å². The van der Waals surface area contributed by atoms with Crippen molar-refractivity contribution < 1.29 is 4.57 Å². The normalized spacial score (nSPS) is 14.4. The highest BCUT2D eigenvalue weighted by atomic mass is 15.1. The van der Waals surface area contributed by atoms with Crippen LogP contribution in [-0.4, -0.2) is 6.85 Å². The van der Waals surface area contributed by atoms with Crippen LogP contribution in [0.25, 0.3) is 43.6 Å². The van der Waals surface area contributed by atoms with Gasteiger partial charge in [-0.25, -0.2) is 0 Å². The summed E-state index contributed by atoms with van der Waals surface area (Å²) in [7, 11) is 0. The van der Waals surface area contributed by atoms with Crippen molar-refractivity contribution in [2.45, 2.75) is 6.54 Å². The molecular weight excluding hydrogens is 399 g/mol. The molecule has 150 valence electrons. The van der Waals surface area contributed by atoms with E-state index in [0.29, 0.717) is 0 Å². The average molecular weight is 417 g/mol. The van der Waals surface area contributed by atoms with E-state index in [1.54, 1.807) is 0 Å². The number of rotatable bonds is 0. The van der Waals surface area contributed by atoms with Gasteiger partial charge in [-0.15, -0.1) is 0 Å². The first-order valence-corrected chi connectivity index (χ1v) is 11.7. The molecule has 9 rings (SSSR count). The SMILES string of the molecule is c1cc2c3c(c1)B1c4cccc5c6ccccc6c6cccc(c6c45)N1c1ccc[n+](c1-3)C2. The summed E-state index contributed by atoms with van der Waals surface area (Å²) < 4.78 is 2.43. The van der Waals surface area contributed by atoms with E-state index in [2.05, 4.69) is 107 Å². The van der Waals surface area contributed by atoms with Crippen molar-refractivity contribution in [2.24, 2.45) is 0 Å². The molecule has 0 unspecified atom stereocenters. The van der Waals surface area contributed by atoms with Crippen molar-refractivity contribution in [3.05, 3.63) is 103 Å². The number of hydrogen-bond acceptors (Lipinski definition) is 1. The second-order valence-corrected chi connectivity index (χ2v) is 9.54. The fourth-order valence-corrected chi connectivity index (χ4v) is 6.92. The number of aromatic nitrogens is 1. The molecule has 33 heavy (non-hydrogen) atoms. The van der Waals surface area contributed by atoms with Gasteiger partial charge in [0.1, 0.15) is 5.69 Å². The van der Waals surface area contributed by atoms with Crippen LogP contribution < -0.4 is 20.3 Å². The first-order valence-electron chi connectivity index (χ1n) is 11.7. The van der Waals surface area contributed by atoms with Crippen LogP contribution in [0, 0.1) is 0 Å². The molecule has 2 nitrogen and oxygen atoms in total. The topological polar surface area (TPSA) is 7.12 Å². The molecule has 6 aromatic rings. The van der Waals surface area contributed by atoms with E-state index in [-0.39, 0.29) is 6.85 Å². The van der Waals surface area contributed by atoms with Gasteiger partial charge < -0.3 is 4.81 Å². The largest absolute Gasteiger partial charge is 0.371 e. The van der Waals surface area contributed by atoms with Crippen LogP contribution in [0.2, 0.25) is 0 Å². The van der Waals surface area contributed by atoms with Gasteiger partial charge in [0.2, 0.25) is 5.69 Å². The molecule has 0 amide bonds. The zero-order valence-electron chi connectivity index (χ0n) is 17.9. The lowest BCUT2D eigenvalue weighted by Crippen LogP contribution is -2.59. The van der Waals surface area contributed by atoms with Gasteiger partial charge in [-0.05, 0) is 50.0 Å². The summed E-state index contributed by atoms with van der Waals surface area (Å²) in [6.45, 7) is 1.14. The number of benzene rings is 5. The van der Waals surface area contributed by atoms with Gasteiger partial charge >= 0.3 is 6.85 Å². The van der Waals surface area contributed by atoms with Crippen molar-refractivity contribution in [3.8, 4) is 11.3 Å². The molecule has 0 saturated heterocycles. The van der Waals surface area contributed by atoms with Crippen LogP contribution in [0.3, 0.4) is 0 Å². The maximum Gasteiger partial charge on any atom is 0.329 e. The van der Waals surface area contributed by atoms with Crippen LogP contribution in [0.5, 0.6) is 0 Å². The zero-order chi connectivity index (χ0) is 21.3. The molecule has 1 aromatic heterocycles. The fourth-order valence-electron chi connectivity index (χ4n) is 6.92. The Morgan fingerprint density at radius 2 is 1.30 bits per heavy atom. The fraction of sp³-hybridized carbons (Fsp3) is 0.0333. The molecule has 5 aromatic carbocycles. The van der Waals surface area contributed by atoms with Crippen LogP contribution in [-0.2, 0) is 6.54 Å². The molecule has 3 aliphatic heterocycles. The van der Waals surface area contributed by atoms with Crippen molar-refractivity contribution in [2.75, 3.05) is 4.81 Å². The molecule has 0 fully saturated rings. The van der Waals surface area contributed by atoms with Gasteiger partial charge in [-0.2, -0.15) is 4.57 Å². The lowest BCUT2D eigenvalue weighted by atomic mass is 9.44. The molecule has 3 aliphatic rings. The molecule has 4 heterocycles. The summed E-state index contributed by atoms with van der Waals surface area (Å²) in [5.74, 6) is 0. The molecule has 0 spiro atoms. The molecule has 0 aliphatic carbocycles. The van der Waals surface area contributed by atoms with E-state index >= 15 is 0 Å². The first-order chi connectivity index (χ1) is 16.4. The highest BCUT2D eigenvalue weighted by Crippen LogP contribution is 2.48. The third kappa shape index (κ3) is 1.77. The van der Waals surface area contributed by atoms with Gasteiger partial charge in [0, 0.05) is 22.7 Å². The minimum Gasteiger partial charge on any atom is -0.371 e. The minimum atomic E-state index is 0.185. The van der Waals surface area contributed by atoms with Crippen molar-refractivity contribution in [1.82, 2.24) is 0 Å². The van der Waals surface area contributed by atoms with Crippen molar-refractivity contribution in [1.29, 1.82) is 0 Å². The van der Waals surface area contributed by atoms with Crippen LogP contribution >= 0.6 is 0 Å². The Kier molecular flexibility index (Phi) is 2.72. The molecule has 0 N–H and O–H groups in total. The van der Waals surface area contributed by atoms with Gasteiger partial charge in [0.15, 0.2) is 12.7 Å². The van der Waals surface area contributed by atoms with Gasteiger partial charge in [-0.3, -0.25) is 0 Å². The standard InChI is InChI=1S/C30H18BN2/c1-2-9-20-19(8-1)21-10-4-13-24-28(21)29-22(20)11-5-14-25(29)33-26-15-6-16-32-17-18-7-3-12-23(31(24)33)27(18)30(26)32/h1-16H,17H2/q+1. The van der Waals surface area contributed by atoms with Crippen molar-refractivity contribution >= 4 is 61.5 Å². The summed E-state index contributed by atoms with van der Waals surface area (Å²) in [5.41, 5.74) is 9.75. The van der Waals surface area contributed by atoms with Gasteiger partial charge in [0.25, 0.3) is 0 Å². The predicted molar refractivity (Wildman–Crippen MR) is 137 cm³/mol. The van der Waals surface area contributed by atoms with E-state index in [1.165, 1.54) is 71.4 Å². The number of hydrogen-bond donors (Lipinski definition) is 0. The number of anilines is 2. The quantitative estimate of drug-likeness (QED) is 0.191. The molecular formula is C30H18BN2+. The molecule has 0 saturated carbocycles. The zero-order valence-corrected chi connectivity index (χ0v) is 17.9. The van der Waals surface area contributed by atoms with E-state index in [1.807, 2.05) is 0 Å². The highest BCUT2D eigenvalue weighted by Gasteiger charge is 2.47. The lowest BCUT2D eigenvalue weighted by molar-refractivity contribution is -0.671. The minimum absolute atomic E-state index is 0.185. The lowest BCUT2D eigenvalue weighted by Gasteiger charge is -2.40. The van der Waals surface area contributed by atoms with E-state index < -0.39 is 0 Å². The van der Waals surface area contributed by atoms with E-state index in [0.717, 1.165) is 6.54 Å². The Bertz CT molecular complexity index is 1730. The number of fused-ring (bicyclic) bond motifs is 8. The van der Waals surface area contributed by atoms with Crippen LogP contribution in [0.1, 0.15) is 5.56 Å². The summed E-state index contributed by atoms with van der Waals surface area (Å²) >= 11 is 0.